The number of carbonyl (C=O) groups excluding carboxylic acids is 1. The molecule has 21 heavy (non-hydrogen) atoms. The van der Waals surface area contributed by atoms with E-state index in [4.69, 9.17) is 10.7 Å². The number of hydrogen-bond acceptors (Lipinski definition) is 4. The van der Waals surface area contributed by atoms with Crippen LogP contribution < -0.4 is 0 Å². The van der Waals surface area contributed by atoms with Gasteiger partial charge in [0.05, 0.1) is 0 Å². The van der Waals surface area contributed by atoms with E-state index < -0.39 is 15.1 Å². The minimum Gasteiger partial charge on any atom is -0.341 e. The summed E-state index contributed by atoms with van der Waals surface area (Å²) in [5.41, 5.74) is 0. The molecule has 8 heteroatoms. The van der Waals surface area contributed by atoms with E-state index in [9.17, 15) is 13.2 Å². The van der Waals surface area contributed by atoms with Crippen LogP contribution >= 0.6 is 10.7 Å². The van der Waals surface area contributed by atoms with Gasteiger partial charge in [0.1, 0.15) is 11.9 Å². The Bertz CT molecular complexity index is 621. The number of aromatic nitrogens is 2. The Morgan fingerprint density at radius 1 is 1.38 bits per heavy atom. The predicted octanol–water partition coefficient (Wildman–Crippen LogP) is 1.95. The van der Waals surface area contributed by atoms with E-state index in [1.165, 1.54) is 6.20 Å². The average molecular weight is 334 g/mol. The molecule has 1 aromatic heterocycles. The summed E-state index contributed by atoms with van der Waals surface area (Å²) in [6.07, 6.45) is 5.07. The van der Waals surface area contributed by atoms with Crippen LogP contribution in [-0.4, -0.2) is 41.9 Å². The molecule has 0 aliphatic carbocycles. The Morgan fingerprint density at radius 2 is 2.00 bits per heavy atom. The molecule has 1 aliphatic heterocycles. The maximum atomic E-state index is 12.5. The Kier molecular flexibility index (Phi) is 4.93. The minimum atomic E-state index is -3.88. The maximum absolute atomic E-state index is 12.5. The number of rotatable bonds is 4. The molecule has 1 atom stereocenters. The zero-order valence-corrected chi connectivity index (χ0v) is 13.8. The number of carbonyl (C=O) groups is 1. The fraction of sp³-hybridized carbons (Fsp3) is 0.692. The van der Waals surface area contributed by atoms with Gasteiger partial charge in [-0.05, 0) is 26.2 Å². The van der Waals surface area contributed by atoms with E-state index in [-0.39, 0.29) is 10.9 Å². The summed E-state index contributed by atoms with van der Waals surface area (Å²) in [6.45, 7) is 5.16. The third kappa shape index (κ3) is 3.58. The van der Waals surface area contributed by atoms with Gasteiger partial charge in [-0.3, -0.25) is 4.79 Å². The smallest absolute Gasteiger partial charge is 0.280 e. The van der Waals surface area contributed by atoms with Crippen molar-refractivity contribution in [3.8, 4) is 0 Å². The van der Waals surface area contributed by atoms with Crippen LogP contribution in [-0.2, 0) is 20.3 Å². The fourth-order valence-electron chi connectivity index (χ4n) is 2.62. The summed E-state index contributed by atoms with van der Waals surface area (Å²) >= 11 is 0. The number of nitrogens with zero attached hydrogens (tertiary/aromatic N) is 3. The highest BCUT2D eigenvalue weighted by atomic mass is 35.7. The molecular weight excluding hydrogens is 314 g/mol. The molecule has 1 unspecified atom stereocenters. The lowest BCUT2D eigenvalue weighted by Crippen LogP contribution is -2.39. The molecule has 0 radical (unpaired) electrons. The monoisotopic (exact) mass is 333 g/mol. The molecule has 118 valence electrons. The first-order chi connectivity index (χ1) is 9.84. The highest BCUT2D eigenvalue weighted by molar-refractivity contribution is 8.13. The maximum Gasteiger partial charge on any atom is 0.280 e. The fourth-order valence-corrected chi connectivity index (χ4v) is 3.30. The van der Waals surface area contributed by atoms with Gasteiger partial charge in [0.25, 0.3) is 9.05 Å². The summed E-state index contributed by atoms with van der Waals surface area (Å²) in [5, 5.41) is -0.195. The van der Waals surface area contributed by atoms with Crippen molar-refractivity contribution in [1.82, 2.24) is 14.5 Å². The Morgan fingerprint density at radius 3 is 2.52 bits per heavy atom. The van der Waals surface area contributed by atoms with E-state index in [1.807, 2.05) is 11.8 Å². The largest absolute Gasteiger partial charge is 0.341 e. The van der Waals surface area contributed by atoms with Crippen molar-refractivity contribution >= 4 is 25.6 Å². The van der Waals surface area contributed by atoms with Crippen LogP contribution in [0.2, 0.25) is 0 Å². The number of imidazole rings is 1. The summed E-state index contributed by atoms with van der Waals surface area (Å²) in [4.78, 5) is 18.4. The zero-order valence-electron chi connectivity index (χ0n) is 12.2. The first kappa shape index (κ1) is 16.3. The highest BCUT2D eigenvalue weighted by Gasteiger charge is 2.27. The second kappa shape index (κ2) is 6.36. The van der Waals surface area contributed by atoms with E-state index in [0.29, 0.717) is 12.2 Å². The lowest BCUT2D eigenvalue weighted by Gasteiger charge is -2.30. The van der Waals surface area contributed by atoms with E-state index in [2.05, 4.69) is 4.98 Å². The number of amides is 1. The summed E-state index contributed by atoms with van der Waals surface area (Å²) in [5.74, 6) is 0.549. The highest BCUT2D eigenvalue weighted by Crippen LogP contribution is 2.21. The second-order valence-electron chi connectivity index (χ2n) is 5.26. The van der Waals surface area contributed by atoms with Crippen molar-refractivity contribution in [3.05, 3.63) is 12.0 Å². The van der Waals surface area contributed by atoms with Crippen molar-refractivity contribution in [2.24, 2.45) is 0 Å². The minimum absolute atomic E-state index is 0.000297. The number of halogens is 1. The summed E-state index contributed by atoms with van der Waals surface area (Å²) in [7, 11) is 1.45. The second-order valence-corrected chi connectivity index (χ2v) is 7.77. The van der Waals surface area contributed by atoms with Gasteiger partial charge < -0.3 is 9.47 Å². The van der Waals surface area contributed by atoms with E-state index in [0.717, 1.165) is 32.4 Å². The third-order valence-electron chi connectivity index (χ3n) is 3.80. The van der Waals surface area contributed by atoms with Crippen molar-refractivity contribution < 1.29 is 13.2 Å². The van der Waals surface area contributed by atoms with Crippen molar-refractivity contribution in [2.45, 2.75) is 50.6 Å². The Hall–Kier alpha value is -1.08. The Balaban J connectivity index is 2.27. The van der Waals surface area contributed by atoms with Crippen LogP contribution in [0.4, 0.5) is 0 Å². The molecule has 1 fully saturated rings. The van der Waals surface area contributed by atoms with Crippen LogP contribution in [0.15, 0.2) is 11.2 Å². The molecule has 2 rings (SSSR count). The van der Waals surface area contributed by atoms with Crippen LogP contribution in [0.1, 0.15) is 45.0 Å². The van der Waals surface area contributed by atoms with Gasteiger partial charge in [0, 0.05) is 36.4 Å². The van der Waals surface area contributed by atoms with Gasteiger partial charge in [-0.15, -0.1) is 0 Å². The SMILES string of the molecule is CCc1nc(S(=O)(=O)Cl)cn1C(C)C(=O)N1CCCCC1. The standard InChI is InChI=1S/C13H20ClN3O3S/c1-3-11-15-12(21(14,19)20)9-17(11)10(2)13(18)16-7-5-4-6-8-16/h9-10H,3-8H2,1-2H3. The molecule has 0 spiro atoms. The lowest BCUT2D eigenvalue weighted by molar-refractivity contribution is -0.135. The van der Waals surface area contributed by atoms with Gasteiger partial charge >= 0.3 is 0 Å². The summed E-state index contributed by atoms with van der Waals surface area (Å²) in [6, 6.07) is -0.474. The van der Waals surface area contributed by atoms with E-state index >= 15 is 0 Å². The number of aryl methyl sites for hydroxylation is 1. The molecule has 1 saturated heterocycles. The van der Waals surface area contributed by atoms with E-state index in [1.54, 1.807) is 11.5 Å². The lowest BCUT2D eigenvalue weighted by atomic mass is 10.1. The Labute approximate surface area is 129 Å². The van der Waals surface area contributed by atoms with Crippen LogP contribution in [0, 0.1) is 0 Å². The molecule has 1 aliphatic rings. The van der Waals surface area contributed by atoms with Gasteiger partial charge in [-0.2, -0.15) is 0 Å². The van der Waals surface area contributed by atoms with Gasteiger partial charge in [0.2, 0.25) is 5.91 Å². The predicted molar refractivity (Wildman–Crippen MR) is 79.8 cm³/mol. The van der Waals surface area contributed by atoms with Crippen molar-refractivity contribution in [3.63, 3.8) is 0 Å². The van der Waals surface area contributed by atoms with Crippen LogP contribution in [0.3, 0.4) is 0 Å². The molecule has 0 aromatic carbocycles. The van der Waals surface area contributed by atoms with Crippen LogP contribution in [0.25, 0.3) is 0 Å². The number of piperidine rings is 1. The molecule has 1 aromatic rings. The van der Waals surface area contributed by atoms with Gasteiger partial charge in [-0.1, -0.05) is 6.92 Å². The normalized spacial score (nSPS) is 17.8. The molecule has 1 amide bonds. The summed E-state index contributed by atoms with van der Waals surface area (Å²) < 4.78 is 24.4. The molecule has 0 N–H and O–H groups in total. The molecule has 2 heterocycles. The molecular formula is C13H20ClN3O3S. The van der Waals surface area contributed by atoms with Gasteiger partial charge in [0.15, 0.2) is 5.03 Å². The van der Waals surface area contributed by atoms with Crippen molar-refractivity contribution in [1.29, 1.82) is 0 Å². The van der Waals surface area contributed by atoms with Crippen molar-refractivity contribution in [2.75, 3.05) is 13.1 Å². The molecule has 0 bridgehead atoms. The average Bonchev–Trinajstić information content (AvgIpc) is 2.91. The first-order valence-electron chi connectivity index (χ1n) is 7.15. The van der Waals surface area contributed by atoms with Crippen LogP contribution in [0.5, 0.6) is 0 Å². The molecule has 6 nitrogen and oxygen atoms in total. The van der Waals surface area contributed by atoms with Gasteiger partial charge in [-0.25, -0.2) is 13.4 Å². The zero-order chi connectivity index (χ0) is 15.6. The molecule has 0 saturated carbocycles. The first-order valence-corrected chi connectivity index (χ1v) is 9.46. The topological polar surface area (TPSA) is 72.3 Å². The quantitative estimate of drug-likeness (QED) is 0.789. The third-order valence-corrected chi connectivity index (χ3v) is 4.97. The number of hydrogen-bond donors (Lipinski definition) is 0. The number of likely N-dealkylation sites (tertiary alicyclic amines) is 1.